The molecule has 0 rings (SSSR count). The van der Waals surface area contributed by atoms with Crippen LogP contribution in [0.25, 0.3) is 0 Å². The van der Waals surface area contributed by atoms with Crippen LogP contribution in [0.3, 0.4) is 0 Å². The maximum Gasteiger partial charge on any atom is 0.458 e. The first-order valence-corrected chi connectivity index (χ1v) is 2.87. The molecule has 0 aliphatic carbocycles. The maximum atomic E-state index is 12.4. The third kappa shape index (κ3) is 2.65. The molecular formula is C4HF9O2. The molecule has 2 nitrogen and oxygen atoms in total. The van der Waals surface area contributed by atoms with E-state index in [1.54, 1.807) is 0 Å². The Morgan fingerprint density at radius 2 is 1.27 bits per heavy atom. The van der Waals surface area contributed by atoms with Gasteiger partial charge in [0.05, 0.1) is 0 Å². The maximum absolute atomic E-state index is 12.4. The highest BCUT2D eigenvalue weighted by atomic mass is 19.4. The summed E-state index contributed by atoms with van der Waals surface area (Å²) >= 11 is 0. The van der Waals surface area contributed by atoms with Crippen LogP contribution in [0.1, 0.15) is 0 Å². The van der Waals surface area contributed by atoms with Crippen LogP contribution >= 0.6 is 0 Å². The summed E-state index contributed by atoms with van der Waals surface area (Å²) in [5.41, 5.74) is 0. The Balaban J connectivity index is 5.21. The lowest BCUT2D eigenvalue weighted by Gasteiger charge is -2.30. The van der Waals surface area contributed by atoms with Crippen molar-refractivity contribution >= 4 is 0 Å². The first-order valence-electron chi connectivity index (χ1n) is 2.87. The summed E-state index contributed by atoms with van der Waals surface area (Å²) in [6.07, 6.45) is -12.9. The molecule has 0 aliphatic heterocycles. The van der Waals surface area contributed by atoms with Crippen LogP contribution in [0, 0.1) is 0 Å². The Labute approximate surface area is 75.5 Å². The monoisotopic (exact) mass is 252 g/mol. The Kier molecular flexibility index (Phi) is 3.85. The number of ether oxygens (including phenoxy) is 1. The van der Waals surface area contributed by atoms with Gasteiger partial charge in [0.1, 0.15) is 0 Å². The fourth-order valence-corrected chi connectivity index (χ4v) is 0.473. The minimum atomic E-state index is -6.61. The van der Waals surface area contributed by atoms with Gasteiger partial charge in [-0.05, 0) is 4.53 Å². The van der Waals surface area contributed by atoms with E-state index >= 15 is 0 Å². The van der Waals surface area contributed by atoms with Crippen LogP contribution in [0.5, 0.6) is 0 Å². The second-order valence-electron chi connectivity index (χ2n) is 2.07. The van der Waals surface area contributed by atoms with Crippen molar-refractivity contribution in [2.24, 2.45) is 0 Å². The van der Waals surface area contributed by atoms with Gasteiger partial charge in [-0.1, -0.05) is 0 Å². The molecule has 15 heavy (non-hydrogen) atoms. The molecule has 0 radical (unpaired) electrons. The first kappa shape index (κ1) is 14.3. The summed E-state index contributed by atoms with van der Waals surface area (Å²) in [4.78, 5) is 1.34. The molecule has 0 saturated carbocycles. The summed E-state index contributed by atoms with van der Waals surface area (Å²) in [7, 11) is 0. The van der Waals surface area contributed by atoms with Crippen LogP contribution in [0.15, 0.2) is 0 Å². The summed E-state index contributed by atoms with van der Waals surface area (Å²) in [5, 5.41) is 0. The molecular weight excluding hydrogens is 251 g/mol. The van der Waals surface area contributed by atoms with Gasteiger partial charge in [-0.25, -0.2) is 0 Å². The highest BCUT2D eigenvalue weighted by Gasteiger charge is 2.76. The first-order chi connectivity index (χ1) is 6.48. The number of halogens is 9. The van der Waals surface area contributed by atoms with E-state index in [0.29, 0.717) is 0 Å². The zero-order chi connectivity index (χ0) is 12.5. The zero-order valence-electron chi connectivity index (χ0n) is 6.30. The highest BCUT2D eigenvalue weighted by Crippen LogP contribution is 2.47. The summed E-state index contributed by atoms with van der Waals surface area (Å²) in [6.45, 7) is -4.54. The average molecular weight is 252 g/mol. The third-order valence-electron chi connectivity index (χ3n) is 1.09. The van der Waals surface area contributed by atoms with Crippen LogP contribution in [-0.4, -0.2) is 24.8 Å². The predicted molar refractivity (Wildman–Crippen MR) is 24.1 cm³/mol. The molecule has 0 amide bonds. The Morgan fingerprint density at radius 1 is 0.867 bits per heavy atom. The van der Waals surface area contributed by atoms with Crippen molar-refractivity contribution in [1.29, 1.82) is 0 Å². The second kappa shape index (κ2) is 4.04. The molecule has 0 aromatic carbocycles. The molecule has 92 valence electrons. The molecule has 0 spiro atoms. The number of hydrogen-bond donors (Lipinski definition) is 0. The molecule has 0 aliphatic rings. The normalized spacial score (nSPS) is 18.0. The van der Waals surface area contributed by atoms with E-state index in [-0.39, 0.29) is 0 Å². The molecule has 0 bridgehead atoms. The number of hydrogen-bond acceptors (Lipinski definition) is 2. The van der Waals surface area contributed by atoms with Gasteiger partial charge in [0.15, 0.2) is 0 Å². The summed E-state index contributed by atoms with van der Waals surface area (Å²) < 4.78 is 106. The molecule has 0 fully saturated rings. The quantitative estimate of drug-likeness (QED) is 0.716. The van der Waals surface area contributed by atoms with E-state index in [9.17, 15) is 39.6 Å². The lowest BCUT2D eigenvalue weighted by molar-refractivity contribution is -0.513. The van der Waals surface area contributed by atoms with Gasteiger partial charge in [-0.15, -0.1) is 4.94 Å². The summed E-state index contributed by atoms with van der Waals surface area (Å²) in [5.74, 6) is -6.27. The van der Waals surface area contributed by atoms with Gasteiger partial charge in [0.25, 0.3) is 0 Å². The van der Waals surface area contributed by atoms with E-state index in [1.807, 2.05) is 4.74 Å². The van der Waals surface area contributed by atoms with Crippen molar-refractivity contribution in [3.8, 4) is 0 Å². The van der Waals surface area contributed by atoms with Crippen molar-refractivity contribution in [2.75, 3.05) is 0 Å². The fourth-order valence-electron chi connectivity index (χ4n) is 0.473. The van der Waals surface area contributed by atoms with Gasteiger partial charge in [0, 0.05) is 0 Å². The smallest absolute Gasteiger partial charge is 0.270 e. The van der Waals surface area contributed by atoms with Gasteiger partial charge < -0.3 is 0 Å². The van der Waals surface area contributed by atoms with Crippen molar-refractivity contribution in [3.05, 3.63) is 0 Å². The van der Waals surface area contributed by atoms with E-state index in [2.05, 4.69) is 0 Å². The number of alkyl halides is 8. The van der Waals surface area contributed by atoms with Crippen LogP contribution in [-0.2, 0) is 9.68 Å². The van der Waals surface area contributed by atoms with Crippen molar-refractivity contribution in [2.45, 2.75) is 24.8 Å². The van der Waals surface area contributed by atoms with Crippen molar-refractivity contribution in [1.82, 2.24) is 0 Å². The SMILES string of the molecule is FOC(F)(F)C(F)(OC(F)F)C(F)(F)F. The zero-order valence-corrected chi connectivity index (χ0v) is 6.30. The summed E-state index contributed by atoms with van der Waals surface area (Å²) in [6, 6.07) is 0. The van der Waals surface area contributed by atoms with Gasteiger partial charge in [0.2, 0.25) is 0 Å². The van der Waals surface area contributed by atoms with Crippen molar-refractivity contribution < 1.29 is 49.3 Å². The molecule has 0 aromatic heterocycles. The molecule has 0 saturated heterocycles. The molecule has 0 N–H and O–H groups in total. The van der Waals surface area contributed by atoms with Gasteiger partial charge in [-0.3, -0.25) is 4.74 Å². The second-order valence-corrected chi connectivity index (χ2v) is 2.07. The Hall–Kier alpha value is -0.710. The third-order valence-corrected chi connectivity index (χ3v) is 1.09. The Morgan fingerprint density at radius 3 is 1.47 bits per heavy atom. The van der Waals surface area contributed by atoms with E-state index in [1.165, 1.54) is 4.94 Å². The lowest BCUT2D eigenvalue weighted by atomic mass is 10.3. The fraction of sp³-hybridized carbons (Fsp3) is 1.00. The largest absolute Gasteiger partial charge is 0.458 e. The topological polar surface area (TPSA) is 18.5 Å². The van der Waals surface area contributed by atoms with E-state index in [4.69, 9.17) is 0 Å². The highest BCUT2D eigenvalue weighted by molar-refractivity contribution is 4.85. The minimum absolute atomic E-state index is 1.34. The molecule has 1 unspecified atom stereocenters. The minimum Gasteiger partial charge on any atom is -0.270 e. The van der Waals surface area contributed by atoms with Crippen LogP contribution < -0.4 is 0 Å². The van der Waals surface area contributed by atoms with Gasteiger partial charge >= 0.3 is 24.8 Å². The molecule has 0 aromatic rings. The van der Waals surface area contributed by atoms with Crippen LogP contribution in [0.2, 0.25) is 0 Å². The molecule has 0 heterocycles. The number of rotatable bonds is 4. The standard InChI is InChI=1S/C4HF9O2/c5-1(6)14-2(7,3(8,9)10)4(11,12)15-13/h1H. The molecule has 1 atom stereocenters. The van der Waals surface area contributed by atoms with Gasteiger partial charge in [-0.2, -0.15) is 35.1 Å². The van der Waals surface area contributed by atoms with E-state index < -0.39 is 24.8 Å². The average Bonchev–Trinajstić information content (AvgIpc) is 2.00. The lowest BCUT2D eigenvalue weighted by Crippen LogP contribution is -2.58. The van der Waals surface area contributed by atoms with E-state index in [0.717, 1.165) is 0 Å². The predicted octanol–water partition coefficient (Wildman–Crippen LogP) is 2.95. The van der Waals surface area contributed by atoms with Crippen LogP contribution in [0.4, 0.5) is 39.6 Å². The Bertz CT molecular complexity index is 213. The molecule has 11 heteroatoms. The van der Waals surface area contributed by atoms with Crippen molar-refractivity contribution in [3.63, 3.8) is 0 Å².